The standard InChI is InChI=1S/C14H14.HOP/c1-3-7-13(8-4-1)11-12-14-9-5-2-6-10-14;1-2/h1-10H,11-12H2;2H. The van der Waals surface area contributed by atoms with Gasteiger partial charge in [0.1, 0.15) is 9.12 Å². The summed E-state index contributed by atoms with van der Waals surface area (Å²) in [6, 6.07) is 21.2. The molecule has 0 aliphatic carbocycles. The van der Waals surface area contributed by atoms with Crippen LogP contribution in [-0.4, -0.2) is 0 Å². The van der Waals surface area contributed by atoms with E-state index in [4.69, 9.17) is 4.57 Å². The lowest BCUT2D eigenvalue weighted by atomic mass is 10.0. The molecule has 0 bridgehead atoms. The highest BCUT2D eigenvalue weighted by Gasteiger charge is 1.93. The first-order valence-corrected chi connectivity index (χ1v) is 5.64. The second kappa shape index (κ2) is 7.78. The Morgan fingerprint density at radius 3 is 1.25 bits per heavy atom. The van der Waals surface area contributed by atoms with Crippen LogP contribution in [0.15, 0.2) is 60.7 Å². The van der Waals surface area contributed by atoms with Crippen LogP contribution in [0.3, 0.4) is 0 Å². The Balaban J connectivity index is 0.000000606. The quantitative estimate of drug-likeness (QED) is 0.730. The zero-order valence-corrected chi connectivity index (χ0v) is 10.1. The summed E-state index contributed by atoms with van der Waals surface area (Å²) in [5.41, 5.74) is 2.83. The number of aryl methyl sites for hydroxylation is 2. The fraction of sp³-hybridized carbons (Fsp3) is 0.143. The van der Waals surface area contributed by atoms with Gasteiger partial charge in [-0.2, -0.15) is 0 Å². The lowest BCUT2D eigenvalue weighted by molar-refractivity contribution is 0.607. The van der Waals surface area contributed by atoms with Crippen molar-refractivity contribution >= 4 is 9.12 Å². The molecule has 0 N–H and O–H groups in total. The molecular formula is C14H15OP. The molecule has 0 amide bonds. The molecule has 0 fully saturated rings. The predicted molar refractivity (Wildman–Crippen MR) is 69.3 cm³/mol. The summed E-state index contributed by atoms with van der Waals surface area (Å²) in [6.45, 7) is 0. The van der Waals surface area contributed by atoms with Gasteiger partial charge in [-0.05, 0) is 24.0 Å². The third kappa shape index (κ3) is 4.37. The maximum Gasteiger partial charge on any atom is 0.138 e. The van der Waals surface area contributed by atoms with Gasteiger partial charge in [-0.3, -0.25) is 4.57 Å². The van der Waals surface area contributed by atoms with Crippen molar-refractivity contribution in [1.82, 2.24) is 0 Å². The van der Waals surface area contributed by atoms with E-state index in [1.54, 1.807) is 9.12 Å². The number of hydrogen-bond acceptors (Lipinski definition) is 1. The van der Waals surface area contributed by atoms with E-state index in [1.807, 2.05) is 0 Å². The SMILES string of the molecule is O=P.c1ccc(CCc2ccccc2)cc1. The Kier molecular flexibility index (Phi) is 6.13. The largest absolute Gasteiger partial charge is 0.279 e. The molecule has 2 aromatic rings. The molecule has 0 spiro atoms. The van der Waals surface area contributed by atoms with Crippen molar-refractivity contribution in [3.8, 4) is 0 Å². The van der Waals surface area contributed by atoms with Gasteiger partial charge in [0.15, 0.2) is 0 Å². The summed E-state index contributed by atoms with van der Waals surface area (Å²) in [4.78, 5) is 0. The Morgan fingerprint density at radius 2 is 0.938 bits per heavy atom. The minimum Gasteiger partial charge on any atom is -0.279 e. The molecule has 2 aromatic carbocycles. The molecule has 1 nitrogen and oxygen atoms in total. The van der Waals surface area contributed by atoms with Crippen molar-refractivity contribution in [2.45, 2.75) is 12.8 Å². The minimum atomic E-state index is 1.13. The van der Waals surface area contributed by atoms with Crippen LogP contribution < -0.4 is 0 Å². The average Bonchev–Trinajstić information content (AvgIpc) is 2.41. The first-order valence-electron chi connectivity index (χ1n) is 5.23. The third-order valence-corrected chi connectivity index (χ3v) is 2.39. The van der Waals surface area contributed by atoms with Gasteiger partial charge in [-0.1, -0.05) is 60.7 Å². The van der Waals surface area contributed by atoms with Gasteiger partial charge in [0.25, 0.3) is 0 Å². The smallest absolute Gasteiger partial charge is 0.138 e. The van der Waals surface area contributed by atoms with E-state index in [1.165, 1.54) is 11.1 Å². The topological polar surface area (TPSA) is 17.1 Å². The van der Waals surface area contributed by atoms with Crippen LogP contribution in [-0.2, 0) is 17.4 Å². The molecule has 0 saturated heterocycles. The lowest BCUT2D eigenvalue weighted by Gasteiger charge is -2.01. The van der Waals surface area contributed by atoms with Crippen LogP contribution in [0.4, 0.5) is 0 Å². The van der Waals surface area contributed by atoms with Crippen molar-refractivity contribution in [2.24, 2.45) is 0 Å². The van der Waals surface area contributed by atoms with Gasteiger partial charge in [-0.25, -0.2) is 0 Å². The van der Waals surface area contributed by atoms with Crippen LogP contribution in [0.2, 0.25) is 0 Å². The molecule has 2 rings (SSSR count). The first kappa shape index (κ1) is 12.6. The van der Waals surface area contributed by atoms with Crippen molar-refractivity contribution < 1.29 is 4.57 Å². The fourth-order valence-electron chi connectivity index (χ4n) is 1.58. The molecular weight excluding hydrogens is 215 g/mol. The summed E-state index contributed by atoms with van der Waals surface area (Å²) < 4.78 is 8.06. The first-order chi connectivity index (χ1) is 7.95. The highest BCUT2D eigenvalue weighted by molar-refractivity contribution is 7.00. The molecule has 2 heteroatoms. The summed E-state index contributed by atoms with van der Waals surface area (Å²) in [6.07, 6.45) is 2.26. The number of rotatable bonds is 3. The molecule has 0 unspecified atom stereocenters. The van der Waals surface area contributed by atoms with Gasteiger partial charge >= 0.3 is 0 Å². The third-order valence-electron chi connectivity index (χ3n) is 2.39. The van der Waals surface area contributed by atoms with Crippen LogP contribution in [0, 0.1) is 0 Å². The maximum absolute atomic E-state index is 8.06. The van der Waals surface area contributed by atoms with E-state index in [9.17, 15) is 0 Å². The van der Waals surface area contributed by atoms with E-state index in [0.717, 1.165) is 12.8 Å². The number of benzene rings is 2. The molecule has 0 radical (unpaired) electrons. The monoisotopic (exact) mass is 230 g/mol. The van der Waals surface area contributed by atoms with Gasteiger partial charge in [0, 0.05) is 0 Å². The van der Waals surface area contributed by atoms with E-state index < -0.39 is 0 Å². The van der Waals surface area contributed by atoms with Gasteiger partial charge in [0.2, 0.25) is 0 Å². The van der Waals surface area contributed by atoms with Crippen LogP contribution in [0.1, 0.15) is 11.1 Å². The maximum atomic E-state index is 8.06. The van der Waals surface area contributed by atoms with Gasteiger partial charge < -0.3 is 0 Å². The average molecular weight is 230 g/mol. The lowest BCUT2D eigenvalue weighted by Crippen LogP contribution is -1.89. The van der Waals surface area contributed by atoms with E-state index >= 15 is 0 Å². The molecule has 0 heterocycles. The molecule has 82 valence electrons. The van der Waals surface area contributed by atoms with Gasteiger partial charge in [-0.15, -0.1) is 0 Å². The molecule has 0 atom stereocenters. The van der Waals surface area contributed by atoms with Crippen molar-refractivity contribution in [3.05, 3.63) is 71.8 Å². The summed E-state index contributed by atoms with van der Waals surface area (Å²) in [5, 5.41) is 0. The summed E-state index contributed by atoms with van der Waals surface area (Å²) >= 11 is 0. The molecule has 0 saturated carbocycles. The second-order valence-electron chi connectivity index (χ2n) is 3.47. The van der Waals surface area contributed by atoms with Crippen LogP contribution in [0.5, 0.6) is 0 Å². The predicted octanol–water partition coefficient (Wildman–Crippen LogP) is 3.95. The van der Waals surface area contributed by atoms with Gasteiger partial charge in [0.05, 0.1) is 0 Å². The zero-order valence-electron chi connectivity index (χ0n) is 9.10. The summed E-state index contributed by atoms with van der Waals surface area (Å²) in [5.74, 6) is 0. The highest BCUT2D eigenvalue weighted by atomic mass is 31.0. The normalized spacial score (nSPS) is 9.00. The van der Waals surface area contributed by atoms with E-state index in [-0.39, 0.29) is 0 Å². The van der Waals surface area contributed by atoms with E-state index in [2.05, 4.69) is 60.7 Å². The van der Waals surface area contributed by atoms with E-state index in [0.29, 0.717) is 0 Å². The Hall–Kier alpha value is -1.46. The molecule has 0 aliphatic rings. The Bertz CT molecular complexity index is 346. The number of hydrogen-bond donors (Lipinski definition) is 0. The van der Waals surface area contributed by atoms with Crippen LogP contribution >= 0.6 is 9.12 Å². The van der Waals surface area contributed by atoms with Crippen molar-refractivity contribution in [2.75, 3.05) is 0 Å². The van der Waals surface area contributed by atoms with Crippen molar-refractivity contribution in [3.63, 3.8) is 0 Å². The van der Waals surface area contributed by atoms with Crippen LogP contribution in [0.25, 0.3) is 0 Å². The fourth-order valence-corrected chi connectivity index (χ4v) is 1.58. The van der Waals surface area contributed by atoms with Crippen molar-refractivity contribution in [1.29, 1.82) is 0 Å². The second-order valence-corrected chi connectivity index (χ2v) is 3.47. The highest BCUT2D eigenvalue weighted by Crippen LogP contribution is 2.06. The minimum absolute atomic E-state index is 1.13. The Morgan fingerprint density at radius 1 is 0.625 bits per heavy atom. The Labute approximate surface area is 98.8 Å². The molecule has 0 aliphatic heterocycles. The zero-order chi connectivity index (χ0) is 11.6. The summed E-state index contributed by atoms with van der Waals surface area (Å²) in [7, 11) is 1.72. The molecule has 16 heavy (non-hydrogen) atoms. The molecule has 0 aromatic heterocycles.